The van der Waals surface area contributed by atoms with Gasteiger partial charge in [-0.3, -0.25) is 4.79 Å². The van der Waals surface area contributed by atoms with Crippen molar-refractivity contribution in [3.8, 4) is 5.75 Å². The molecular formula is C21H20ClN3O2. The molecule has 0 bridgehead atoms. The van der Waals surface area contributed by atoms with E-state index in [0.29, 0.717) is 16.5 Å². The maximum absolute atomic E-state index is 11.9. The van der Waals surface area contributed by atoms with Gasteiger partial charge in [0.05, 0.1) is 11.7 Å². The Balaban J connectivity index is 1.61. The largest absolute Gasteiger partial charge is 0.484 e. The van der Waals surface area contributed by atoms with Crippen LogP contribution in [0.5, 0.6) is 5.75 Å². The van der Waals surface area contributed by atoms with Gasteiger partial charge in [-0.25, -0.2) is 10.4 Å². The van der Waals surface area contributed by atoms with Gasteiger partial charge in [0.25, 0.3) is 5.91 Å². The van der Waals surface area contributed by atoms with Gasteiger partial charge in [0.2, 0.25) is 0 Å². The SMILES string of the molecule is Cc1ccc(OCC(=O)N/N=C\c2cc3cccc(C)c3nc2Cl)cc1C. The van der Waals surface area contributed by atoms with E-state index in [-0.39, 0.29) is 12.5 Å². The lowest BCUT2D eigenvalue weighted by molar-refractivity contribution is -0.123. The quantitative estimate of drug-likeness (QED) is 0.406. The summed E-state index contributed by atoms with van der Waals surface area (Å²) in [5.74, 6) is 0.291. The third kappa shape index (κ3) is 4.63. The zero-order valence-electron chi connectivity index (χ0n) is 15.4. The minimum atomic E-state index is -0.356. The van der Waals surface area contributed by atoms with E-state index in [1.807, 2.05) is 63.2 Å². The van der Waals surface area contributed by atoms with Gasteiger partial charge in [-0.1, -0.05) is 35.9 Å². The van der Waals surface area contributed by atoms with Gasteiger partial charge in [-0.2, -0.15) is 5.10 Å². The average Bonchev–Trinajstić information content (AvgIpc) is 2.64. The highest BCUT2D eigenvalue weighted by molar-refractivity contribution is 6.32. The van der Waals surface area contributed by atoms with Crippen LogP contribution in [0, 0.1) is 20.8 Å². The Labute approximate surface area is 163 Å². The molecule has 27 heavy (non-hydrogen) atoms. The molecule has 138 valence electrons. The van der Waals surface area contributed by atoms with Crippen molar-refractivity contribution in [2.75, 3.05) is 6.61 Å². The number of ether oxygens (including phenoxy) is 1. The molecule has 1 aromatic heterocycles. The number of para-hydroxylation sites is 1. The predicted octanol–water partition coefficient (Wildman–Crippen LogP) is 4.34. The summed E-state index contributed by atoms with van der Waals surface area (Å²) < 4.78 is 5.48. The molecule has 3 aromatic rings. The molecule has 0 atom stereocenters. The smallest absolute Gasteiger partial charge is 0.277 e. The molecule has 0 radical (unpaired) electrons. The van der Waals surface area contributed by atoms with Crippen LogP contribution in [0.25, 0.3) is 10.9 Å². The van der Waals surface area contributed by atoms with E-state index in [0.717, 1.165) is 22.0 Å². The van der Waals surface area contributed by atoms with Crippen LogP contribution >= 0.6 is 11.6 Å². The van der Waals surface area contributed by atoms with Gasteiger partial charge < -0.3 is 4.74 Å². The maximum atomic E-state index is 11.9. The number of nitrogens with zero attached hydrogens (tertiary/aromatic N) is 2. The van der Waals surface area contributed by atoms with Crippen molar-refractivity contribution in [3.05, 3.63) is 69.9 Å². The highest BCUT2D eigenvalue weighted by atomic mass is 35.5. The lowest BCUT2D eigenvalue weighted by Crippen LogP contribution is -2.24. The number of hydrogen-bond acceptors (Lipinski definition) is 4. The van der Waals surface area contributed by atoms with Crippen molar-refractivity contribution in [2.24, 2.45) is 5.10 Å². The number of rotatable bonds is 5. The summed E-state index contributed by atoms with van der Waals surface area (Å²) in [7, 11) is 0. The van der Waals surface area contributed by atoms with E-state index in [4.69, 9.17) is 16.3 Å². The third-order valence-electron chi connectivity index (χ3n) is 4.27. The Morgan fingerprint density at radius 3 is 2.74 bits per heavy atom. The normalized spacial score (nSPS) is 11.1. The van der Waals surface area contributed by atoms with E-state index in [1.165, 1.54) is 11.8 Å². The summed E-state index contributed by atoms with van der Waals surface area (Å²) >= 11 is 6.22. The monoisotopic (exact) mass is 381 g/mol. The van der Waals surface area contributed by atoms with Gasteiger partial charge in [0.1, 0.15) is 10.9 Å². The summed E-state index contributed by atoms with van der Waals surface area (Å²) in [6.07, 6.45) is 1.48. The van der Waals surface area contributed by atoms with Crippen LogP contribution in [0.2, 0.25) is 5.15 Å². The highest BCUT2D eigenvalue weighted by Gasteiger charge is 2.06. The summed E-state index contributed by atoms with van der Waals surface area (Å²) in [4.78, 5) is 16.3. The van der Waals surface area contributed by atoms with E-state index < -0.39 is 0 Å². The fraction of sp³-hybridized carbons (Fsp3) is 0.190. The second kappa shape index (κ2) is 8.18. The molecule has 0 saturated carbocycles. The molecule has 1 N–H and O–H groups in total. The number of halogens is 1. The fourth-order valence-electron chi connectivity index (χ4n) is 2.59. The number of hydrogen-bond donors (Lipinski definition) is 1. The zero-order valence-corrected chi connectivity index (χ0v) is 16.2. The van der Waals surface area contributed by atoms with Crippen LogP contribution in [0.3, 0.4) is 0 Å². The second-order valence-electron chi connectivity index (χ2n) is 6.34. The first-order valence-corrected chi connectivity index (χ1v) is 8.89. The number of benzene rings is 2. The van der Waals surface area contributed by atoms with E-state index >= 15 is 0 Å². The lowest BCUT2D eigenvalue weighted by atomic mass is 10.1. The van der Waals surface area contributed by atoms with Gasteiger partial charge in [0, 0.05) is 10.9 Å². The number of carbonyl (C=O) groups is 1. The zero-order chi connectivity index (χ0) is 19.4. The molecule has 2 aromatic carbocycles. The Kier molecular flexibility index (Phi) is 5.72. The summed E-state index contributed by atoms with van der Waals surface area (Å²) in [5, 5.41) is 5.24. The van der Waals surface area contributed by atoms with Crippen molar-refractivity contribution in [2.45, 2.75) is 20.8 Å². The second-order valence-corrected chi connectivity index (χ2v) is 6.70. The van der Waals surface area contributed by atoms with Crippen molar-refractivity contribution < 1.29 is 9.53 Å². The van der Waals surface area contributed by atoms with Crippen molar-refractivity contribution >= 4 is 34.6 Å². The number of carbonyl (C=O) groups excluding carboxylic acids is 1. The molecule has 0 saturated heterocycles. The number of amides is 1. The summed E-state index contributed by atoms with van der Waals surface area (Å²) in [6.45, 7) is 5.88. The fourth-order valence-corrected chi connectivity index (χ4v) is 2.78. The van der Waals surface area contributed by atoms with Crippen LogP contribution in [0.15, 0.2) is 47.6 Å². The number of hydrazone groups is 1. The van der Waals surface area contributed by atoms with E-state index in [2.05, 4.69) is 15.5 Å². The predicted molar refractivity (Wildman–Crippen MR) is 109 cm³/mol. The van der Waals surface area contributed by atoms with Gasteiger partial charge in [-0.15, -0.1) is 0 Å². The molecule has 0 aliphatic heterocycles. The molecule has 0 aliphatic rings. The van der Waals surface area contributed by atoms with Crippen molar-refractivity contribution in [1.29, 1.82) is 0 Å². The highest BCUT2D eigenvalue weighted by Crippen LogP contribution is 2.21. The van der Waals surface area contributed by atoms with Crippen LogP contribution < -0.4 is 10.2 Å². The Morgan fingerprint density at radius 1 is 1.15 bits per heavy atom. The minimum absolute atomic E-state index is 0.122. The number of pyridine rings is 1. The summed E-state index contributed by atoms with van der Waals surface area (Å²) in [6, 6.07) is 13.5. The van der Waals surface area contributed by atoms with Crippen molar-refractivity contribution in [1.82, 2.24) is 10.4 Å². The standard InChI is InChI=1S/C21H20ClN3O2/c1-13-7-8-18(9-15(13)3)27-12-19(26)25-23-11-17-10-16-6-4-5-14(2)20(16)24-21(17)22/h4-11H,12H2,1-3H3,(H,25,26)/b23-11-. The molecule has 0 spiro atoms. The molecule has 0 fully saturated rings. The molecule has 0 aliphatic carbocycles. The van der Waals surface area contributed by atoms with Gasteiger partial charge in [-0.05, 0) is 55.7 Å². The van der Waals surface area contributed by atoms with Crippen LogP contribution in [0.1, 0.15) is 22.3 Å². The number of aromatic nitrogens is 1. The Hall–Kier alpha value is -2.92. The van der Waals surface area contributed by atoms with E-state index in [9.17, 15) is 4.79 Å². The molecule has 0 unspecified atom stereocenters. The lowest BCUT2D eigenvalue weighted by Gasteiger charge is -2.07. The average molecular weight is 382 g/mol. The van der Waals surface area contributed by atoms with Gasteiger partial charge >= 0.3 is 0 Å². The topological polar surface area (TPSA) is 63.6 Å². The molecule has 1 amide bonds. The first kappa shape index (κ1) is 18.9. The molecular weight excluding hydrogens is 362 g/mol. The van der Waals surface area contributed by atoms with Crippen LogP contribution in [0.4, 0.5) is 0 Å². The first-order valence-electron chi connectivity index (χ1n) is 8.52. The first-order chi connectivity index (χ1) is 12.9. The minimum Gasteiger partial charge on any atom is -0.484 e. The molecule has 3 rings (SSSR count). The number of fused-ring (bicyclic) bond motifs is 1. The number of aryl methyl sites for hydroxylation is 3. The van der Waals surface area contributed by atoms with E-state index in [1.54, 1.807) is 0 Å². The van der Waals surface area contributed by atoms with Gasteiger partial charge in [0.15, 0.2) is 6.61 Å². The summed E-state index contributed by atoms with van der Waals surface area (Å²) in [5.41, 5.74) is 7.25. The molecule has 5 nitrogen and oxygen atoms in total. The Morgan fingerprint density at radius 2 is 1.96 bits per heavy atom. The number of nitrogens with one attached hydrogen (secondary N) is 1. The van der Waals surface area contributed by atoms with Crippen LogP contribution in [-0.4, -0.2) is 23.7 Å². The van der Waals surface area contributed by atoms with Crippen molar-refractivity contribution in [3.63, 3.8) is 0 Å². The Bertz CT molecular complexity index is 1030. The third-order valence-corrected chi connectivity index (χ3v) is 4.57. The van der Waals surface area contributed by atoms with Crippen LogP contribution in [-0.2, 0) is 4.79 Å². The maximum Gasteiger partial charge on any atom is 0.277 e. The molecule has 1 heterocycles. The molecule has 6 heteroatoms.